The van der Waals surface area contributed by atoms with E-state index in [0.717, 1.165) is 10.1 Å². The van der Waals surface area contributed by atoms with Crippen molar-refractivity contribution in [3.8, 4) is 0 Å². The van der Waals surface area contributed by atoms with Gasteiger partial charge in [0, 0.05) is 40.3 Å². The number of nitrogens with zero attached hydrogens (tertiary/aromatic N) is 5. The Balaban J connectivity index is 1.55. The van der Waals surface area contributed by atoms with Gasteiger partial charge in [0.05, 0.1) is 10.3 Å². The van der Waals surface area contributed by atoms with Crippen LogP contribution in [0.2, 0.25) is 0 Å². The number of carbonyl (C=O) groups excluding carboxylic acids is 1. The minimum atomic E-state index is -3.64. The van der Waals surface area contributed by atoms with Crippen molar-refractivity contribution in [2.45, 2.75) is 11.8 Å². The zero-order chi connectivity index (χ0) is 23.2. The number of rotatable bonds is 3. The number of hydrogen-bond donors (Lipinski definition) is 0. The quantitative estimate of drug-likeness (QED) is 0.551. The molecule has 32 heavy (non-hydrogen) atoms. The summed E-state index contributed by atoms with van der Waals surface area (Å²) < 4.78 is 29.3. The average molecular weight is 458 g/mol. The van der Waals surface area contributed by atoms with Crippen molar-refractivity contribution >= 4 is 27.0 Å². The van der Waals surface area contributed by atoms with E-state index in [9.17, 15) is 22.8 Å². The van der Waals surface area contributed by atoms with Gasteiger partial charge in [0.1, 0.15) is 11.3 Å². The van der Waals surface area contributed by atoms with Crippen molar-refractivity contribution in [2.75, 3.05) is 26.2 Å². The van der Waals surface area contributed by atoms with Crippen LogP contribution in [-0.2, 0) is 24.1 Å². The lowest BCUT2D eigenvalue weighted by Crippen LogP contribution is -2.50. The SMILES string of the molecule is Cc1ccc(S(=O)(=O)N2CCN(C(=O)c3ccc4c(=O)n(C)c(=O)n(C)c4n3)CC2)cc1. The van der Waals surface area contributed by atoms with Gasteiger partial charge in [-0.15, -0.1) is 0 Å². The molecule has 0 aliphatic carbocycles. The van der Waals surface area contributed by atoms with E-state index in [1.165, 1.54) is 40.0 Å². The van der Waals surface area contributed by atoms with E-state index in [1.807, 2.05) is 6.92 Å². The maximum atomic E-state index is 13.0. The molecule has 2 aromatic heterocycles. The smallest absolute Gasteiger partial charge is 0.332 e. The second-order valence-corrected chi connectivity index (χ2v) is 9.72. The molecule has 1 aliphatic heterocycles. The minimum absolute atomic E-state index is 0.0931. The monoisotopic (exact) mass is 457 g/mol. The molecule has 10 nitrogen and oxygen atoms in total. The summed E-state index contributed by atoms with van der Waals surface area (Å²) in [6.45, 7) is 2.62. The van der Waals surface area contributed by atoms with Gasteiger partial charge in [-0.2, -0.15) is 4.31 Å². The molecule has 0 bridgehead atoms. The Kier molecular flexibility index (Phi) is 5.47. The Morgan fingerprint density at radius 3 is 2.16 bits per heavy atom. The number of sulfonamides is 1. The van der Waals surface area contributed by atoms with Crippen molar-refractivity contribution in [1.82, 2.24) is 23.3 Å². The van der Waals surface area contributed by atoms with Gasteiger partial charge >= 0.3 is 5.69 Å². The maximum absolute atomic E-state index is 13.0. The number of pyridine rings is 1. The van der Waals surface area contributed by atoms with Crippen LogP contribution in [0.15, 0.2) is 50.9 Å². The second-order valence-electron chi connectivity index (χ2n) is 7.78. The van der Waals surface area contributed by atoms with Crippen LogP contribution < -0.4 is 11.2 Å². The summed E-state index contributed by atoms with van der Waals surface area (Å²) in [6.07, 6.45) is 0. The van der Waals surface area contributed by atoms with Crippen LogP contribution in [0.25, 0.3) is 11.0 Å². The van der Waals surface area contributed by atoms with Crippen LogP contribution in [0.5, 0.6) is 0 Å². The third-order valence-electron chi connectivity index (χ3n) is 5.71. The largest absolute Gasteiger partial charge is 0.335 e. The predicted molar refractivity (Wildman–Crippen MR) is 118 cm³/mol. The molecule has 0 unspecified atom stereocenters. The Morgan fingerprint density at radius 1 is 0.906 bits per heavy atom. The first-order valence-electron chi connectivity index (χ1n) is 10.0. The van der Waals surface area contributed by atoms with Gasteiger partial charge in [-0.05, 0) is 31.2 Å². The second kappa shape index (κ2) is 7.99. The fourth-order valence-electron chi connectivity index (χ4n) is 3.73. The van der Waals surface area contributed by atoms with E-state index in [4.69, 9.17) is 0 Å². The maximum Gasteiger partial charge on any atom is 0.332 e. The molecule has 0 N–H and O–H groups in total. The number of carbonyl (C=O) groups is 1. The third kappa shape index (κ3) is 3.63. The molecule has 0 atom stereocenters. The van der Waals surface area contributed by atoms with Gasteiger partial charge in [0.2, 0.25) is 10.0 Å². The molecule has 0 radical (unpaired) electrons. The molecule has 1 saturated heterocycles. The highest BCUT2D eigenvalue weighted by Gasteiger charge is 2.31. The fraction of sp³-hybridized carbons (Fsp3) is 0.333. The van der Waals surface area contributed by atoms with E-state index in [0.29, 0.717) is 0 Å². The lowest BCUT2D eigenvalue weighted by molar-refractivity contribution is 0.0692. The summed E-state index contributed by atoms with van der Waals surface area (Å²) >= 11 is 0. The van der Waals surface area contributed by atoms with Crippen molar-refractivity contribution in [2.24, 2.45) is 14.1 Å². The lowest BCUT2D eigenvalue weighted by Gasteiger charge is -2.33. The normalized spacial score (nSPS) is 15.3. The summed E-state index contributed by atoms with van der Waals surface area (Å²) in [5.41, 5.74) is 0.178. The molecule has 1 fully saturated rings. The highest BCUT2D eigenvalue weighted by atomic mass is 32.2. The van der Waals surface area contributed by atoms with Crippen LogP contribution in [0.1, 0.15) is 16.1 Å². The first kappa shape index (κ1) is 21.9. The molecular weight excluding hydrogens is 434 g/mol. The molecule has 1 amide bonds. The van der Waals surface area contributed by atoms with Crippen LogP contribution in [-0.4, -0.2) is 63.8 Å². The van der Waals surface area contributed by atoms with E-state index in [-0.39, 0.29) is 53.7 Å². The van der Waals surface area contributed by atoms with E-state index in [2.05, 4.69) is 4.98 Å². The minimum Gasteiger partial charge on any atom is -0.335 e. The van der Waals surface area contributed by atoms with Gasteiger partial charge in [-0.3, -0.25) is 18.7 Å². The van der Waals surface area contributed by atoms with Crippen molar-refractivity contribution < 1.29 is 13.2 Å². The summed E-state index contributed by atoms with van der Waals surface area (Å²) in [5.74, 6) is -0.382. The predicted octanol–water partition coefficient (Wildman–Crippen LogP) is 0.0873. The molecule has 0 spiro atoms. The van der Waals surface area contributed by atoms with E-state index in [1.54, 1.807) is 24.3 Å². The van der Waals surface area contributed by atoms with Crippen molar-refractivity contribution in [1.29, 1.82) is 0 Å². The number of benzene rings is 1. The fourth-order valence-corrected chi connectivity index (χ4v) is 5.15. The Morgan fingerprint density at radius 2 is 1.53 bits per heavy atom. The van der Waals surface area contributed by atoms with Crippen LogP contribution in [0.4, 0.5) is 0 Å². The Bertz CT molecular complexity index is 1430. The highest BCUT2D eigenvalue weighted by molar-refractivity contribution is 7.89. The number of hydrogen-bond acceptors (Lipinski definition) is 6. The summed E-state index contributed by atoms with van der Waals surface area (Å²) in [6, 6.07) is 9.59. The molecule has 1 aliphatic rings. The number of piperazine rings is 1. The van der Waals surface area contributed by atoms with Gasteiger partial charge < -0.3 is 4.90 Å². The third-order valence-corrected chi connectivity index (χ3v) is 7.62. The number of aryl methyl sites for hydroxylation is 2. The molecular formula is C21H23N5O5S. The van der Waals surface area contributed by atoms with Crippen molar-refractivity contribution in [3.05, 3.63) is 68.5 Å². The summed E-state index contributed by atoms with van der Waals surface area (Å²) in [4.78, 5) is 43.5. The van der Waals surface area contributed by atoms with Gasteiger partial charge in [-0.25, -0.2) is 18.2 Å². The number of aromatic nitrogens is 3. The molecule has 168 valence electrons. The first-order chi connectivity index (χ1) is 15.1. The van der Waals surface area contributed by atoms with Gasteiger partial charge in [0.25, 0.3) is 11.5 Å². The topological polar surface area (TPSA) is 115 Å². The molecule has 0 saturated carbocycles. The molecule has 3 heterocycles. The number of amides is 1. The van der Waals surface area contributed by atoms with Crippen LogP contribution in [0, 0.1) is 6.92 Å². The lowest BCUT2D eigenvalue weighted by atomic mass is 10.2. The van der Waals surface area contributed by atoms with Crippen LogP contribution in [0.3, 0.4) is 0 Å². The van der Waals surface area contributed by atoms with E-state index < -0.39 is 21.3 Å². The highest BCUT2D eigenvalue weighted by Crippen LogP contribution is 2.19. The van der Waals surface area contributed by atoms with Crippen molar-refractivity contribution in [3.63, 3.8) is 0 Å². The van der Waals surface area contributed by atoms with E-state index >= 15 is 0 Å². The summed E-state index contributed by atoms with van der Waals surface area (Å²) in [5, 5.41) is 0.236. The Hall–Kier alpha value is -3.31. The standard InChI is InChI=1S/C21H23N5O5S/c1-14-4-6-15(7-5-14)32(30,31)26-12-10-25(11-13-26)20(28)17-9-8-16-18(22-17)23(2)21(29)24(3)19(16)27/h4-9H,10-13H2,1-3H3. The zero-order valence-electron chi connectivity index (χ0n) is 18.0. The molecule has 3 aromatic rings. The zero-order valence-corrected chi connectivity index (χ0v) is 18.8. The molecule has 4 rings (SSSR count). The summed E-state index contributed by atoms with van der Waals surface area (Å²) in [7, 11) is -0.768. The first-order valence-corrected chi connectivity index (χ1v) is 11.5. The molecule has 11 heteroatoms. The van der Waals surface area contributed by atoms with Crippen LogP contribution >= 0.6 is 0 Å². The number of fused-ring (bicyclic) bond motifs is 1. The van der Waals surface area contributed by atoms with Gasteiger partial charge in [-0.1, -0.05) is 17.7 Å². The molecule has 1 aromatic carbocycles. The average Bonchev–Trinajstić information content (AvgIpc) is 2.81. The Labute approximate surface area is 184 Å². The van der Waals surface area contributed by atoms with Gasteiger partial charge in [0.15, 0.2) is 0 Å².